The van der Waals surface area contributed by atoms with Crippen molar-refractivity contribution in [2.45, 2.75) is 45.4 Å². The predicted octanol–water partition coefficient (Wildman–Crippen LogP) is 3.17. The van der Waals surface area contributed by atoms with E-state index < -0.39 is 0 Å². The van der Waals surface area contributed by atoms with Crippen molar-refractivity contribution in [2.75, 3.05) is 0 Å². The molecule has 1 rings (SSSR count). The lowest BCUT2D eigenvalue weighted by atomic mass is 10.1. The van der Waals surface area contributed by atoms with Crippen molar-refractivity contribution in [2.24, 2.45) is 0 Å². The van der Waals surface area contributed by atoms with Crippen LogP contribution in [0.1, 0.15) is 44.1 Å². The monoisotopic (exact) mass is 180 g/mol. The van der Waals surface area contributed by atoms with Crippen LogP contribution >= 0.6 is 0 Å². The number of aryl methyl sites for hydroxylation is 1. The molecule has 73 valence electrons. The molecule has 1 aromatic heterocycles. The van der Waals surface area contributed by atoms with Gasteiger partial charge >= 0.3 is 0 Å². The second kappa shape index (κ2) is 5.79. The number of aromatic nitrogens is 1. The average molecular weight is 180 g/mol. The van der Waals surface area contributed by atoms with Crippen LogP contribution < -0.4 is 0 Å². The summed E-state index contributed by atoms with van der Waals surface area (Å²) in [5, 5.41) is 3.90. The normalized spacial score (nSPS) is 10.6. The molecule has 2 heteroatoms. The minimum Gasteiger partial charge on any atom is -0.361 e. The second-order valence-electron chi connectivity index (χ2n) is 3.35. The Kier molecular flexibility index (Phi) is 4.58. The summed E-state index contributed by atoms with van der Waals surface area (Å²) in [6.45, 7) is 5.97. The molecule has 1 heterocycles. The van der Waals surface area contributed by atoms with E-state index in [0.717, 1.165) is 24.3 Å². The van der Waals surface area contributed by atoms with Crippen LogP contribution in [0.3, 0.4) is 0 Å². The summed E-state index contributed by atoms with van der Waals surface area (Å²) >= 11 is 0. The number of hydrogen-bond donors (Lipinski definition) is 0. The van der Waals surface area contributed by atoms with Crippen LogP contribution in [0.25, 0.3) is 0 Å². The number of rotatable bonds is 6. The van der Waals surface area contributed by atoms with E-state index in [9.17, 15) is 0 Å². The fourth-order valence-corrected chi connectivity index (χ4v) is 1.32. The minimum atomic E-state index is 0.721. The van der Waals surface area contributed by atoms with Crippen molar-refractivity contribution in [1.82, 2.24) is 5.16 Å². The van der Waals surface area contributed by atoms with Gasteiger partial charge in [0.2, 0.25) is 0 Å². The molecule has 0 saturated carbocycles. The van der Waals surface area contributed by atoms with Gasteiger partial charge in [-0.15, -0.1) is 0 Å². The maximum Gasteiger partial charge on any atom is 0.137 e. The van der Waals surface area contributed by atoms with Gasteiger partial charge < -0.3 is 4.52 Å². The van der Waals surface area contributed by atoms with E-state index in [1.807, 2.05) is 6.07 Å². The molecule has 0 aliphatic rings. The number of hydrogen-bond acceptors (Lipinski definition) is 2. The molecule has 0 atom stereocenters. The maximum atomic E-state index is 5.15. The van der Waals surface area contributed by atoms with E-state index in [4.69, 9.17) is 4.52 Å². The van der Waals surface area contributed by atoms with Gasteiger partial charge in [0.1, 0.15) is 5.76 Å². The molecule has 0 N–H and O–H groups in total. The van der Waals surface area contributed by atoms with Crippen LogP contribution in [0.5, 0.6) is 0 Å². The van der Waals surface area contributed by atoms with Crippen LogP contribution in [0.4, 0.5) is 0 Å². The minimum absolute atomic E-state index is 0.721. The molecule has 0 aliphatic heterocycles. The molecule has 0 aliphatic carbocycles. The standard InChI is InChI=1S/C11H18NO/c1-3-5-6-7-8-11-9-10(4-2)12-13-11/h9H,2-8H2,1H3. The van der Waals surface area contributed by atoms with Crippen LogP contribution in [0, 0.1) is 6.92 Å². The van der Waals surface area contributed by atoms with Crippen molar-refractivity contribution in [3.05, 3.63) is 24.4 Å². The van der Waals surface area contributed by atoms with Gasteiger partial charge in [-0.3, -0.25) is 0 Å². The van der Waals surface area contributed by atoms with E-state index in [1.165, 1.54) is 25.7 Å². The first-order valence-electron chi connectivity index (χ1n) is 5.10. The van der Waals surface area contributed by atoms with Gasteiger partial charge in [0, 0.05) is 12.5 Å². The molecule has 1 radical (unpaired) electrons. The molecular weight excluding hydrogens is 162 g/mol. The Morgan fingerprint density at radius 2 is 2.23 bits per heavy atom. The van der Waals surface area contributed by atoms with Crippen LogP contribution in [0.15, 0.2) is 10.6 Å². The zero-order chi connectivity index (χ0) is 9.52. The Balaban J connectivity index is 2.20. The Morgan fingerprint density at radius 1 is 1.38 bits per heavy atom. The number of nitrogens with zero attached hydrogens (tertiary/aromatic N) is 1. The molecule has 0 amide bonds. The summed E-state index contributed by atoms with van der Waals surface area (Å²) in [5.74, 6) is 1.01. The first-order chi connectivity index (χ1) is 6.36. The molecule has 0 unspecified atom stereocenters. The third-order valence-corrected chi connectivity index (χ3v) is 2.14. The Hall–Kier alpha value is -0.790. The fraction of sp³-hybridized carbons (Fsp3) is 0.636. The highest BCUT2D eigenvalue weighted by Gasteiger charge is 2.01. The zero-order valence-electron chi connectivity index (χ0n) is 8.38. The van der Waals surface area contributed by atoms with Gasteiger partial charge in [0.15, 0.2) is 0 Å². The van der Waals surface area contributed by atoms with Crippen LogP contribution in [0.2, 0.25) is 0 Å². The average Bonchev–Trinajstić information content (AvgIpc) is 2.60. The summed E-state index contributed by atoms with van der Waals surface area (Å²) in [6.07, 6.45) is 6.83. The quantitative estimate of drug-likeness (QED) is 0.628. The lowest BCUT2D eigenvalue weighted by Gasteiger charge is -1.94. The van der Waals surface area contributed by atoms with Gasteiger partial charge in [-0.2, -0.15) is 0 Å². The molecular formula is C11H18NO. The molecule has 2 nitrogen and oxygen atoms in total. The Bertz CT molecular complexity index is 230. The maximum absolute atomic E-state index is 5.15. The van der Waals surface area contributed by atoms with E-state index in [0.29, 0.717) is 0 Å². The van der Waals surface area contributed by atoms with Gasteiger partial charge in [-0.05, 0) is 19.8 Å². The third-order valence-electron chi connectivity index (χ3n) is 2.14. The molecule has 0 fully saturated rings. The van der Waals surface area contributed by atoms with Crippen molar-refractivity contribution >= 4 is 0 Å². The van der Waals surface area contributed by atoms with Crippen LogP contribution in [-0.2, 0) is 12.8 Å². The van der Waals surface area contributed by atoms with Gasteiger partial charge in [-0.25, -0.2) is 0 Å². The van der Waals surface area contributed by atoms with Gasteiger partial charge in [-0.1, -0.05) is 31.3 Å². The molecule has 0 aromatic carbocycles. The molecule has 0 saturated heterocycles. The summed E-state index contributed by atoms with van der Waals surface area (Å²) < 4.78 is 5.15. The highest BCUT2D eigenvalue weighted by Crippen LogP contribution is 2.09. The zero-order valence-corrected chi connectivity index (χ0v) is 8.38. The van der Waals surface area contributed by atoms with Crippen molar-refractivity contribution in [3.8, 4) is 0 Å². The summed E-state index contributed by atoms with van der Waals surface area (Å²) in [6, 6.07) is 2.01. The first kappa shape index (κ1) is 10.3. The van der Waals surface area contributed by atoms with Crippen LogP contribution in [-0.4, -0.2) is 5.16 Å². The van der Waals surface area contributed by atoms with Gasteiger partial charge in [0.05, 0.1) is 5.69 Å². The largest absolute Gasteiger partial charge is 0.361 e. The lowest BCUT2D eigenvalue weighted by Crippen LogP contribution is -1.82. The fourth-order valence-electron chi connectivity index (χ4n) is 1.32. The lowest BCUT2D eigenvalue weighted by molar-refractivity contribution is 0.374. The summed E-state index contributed by atoms with van der Waals surface area (Å²) in [5.41, 5.74) is 0.963. The van der Waals surface area contributed by atoms with E-state index in [2.05, 4.69) is 19.0 Å². The van der Waals surface area contributed by atoms with E-state index >= 15 is 0 Å². The van der Waals surface area contributed by atoms with Gasteiger partial charge in [0.25, 0.3) is 0 Å². The second-order valence-corrected chi connectivity index (χ2v) is 3.35. The molecule has 0 bridgehead atoms. The Labute approximate surface area is 80.3 Å². The summed E-state index contributed by atoms with van der Waals surface area (Å²) in [7, 11) is 0. The van der Waals surface area contributed by atoms with E-state index in [1.54, 1.807) is 0 Å². The van der Waals surface area contributed by atoms with E-state index in [-0.39, 0.29) is 0 Å². The smallest absolute Gasteiger partial charge is 0.137 e. The number of unbranched alkanes of at least 4 members (excludes halogenated alkanes) is 3. The predicted molar refractivity (Wildman–Crippen MR) is 53.4 cm³/mol. The molecule has 0 spiro atoms. The van der Waals surface area contributed by atoms with Crippen molar-refractivity contribution < 1.29 is 4.52 Å². The molecule has 13 heavy (non-hydrogen) atoms. The molecule has 1 aromatic rings. The SMILES string of the molecule is [CH2]Cc1cc(CCCCCC)on1. The highest BCUT2D eigenvalue weighted by molar-refractivity contribution is 5.05. The van der Waals surface area contributed by atoms with Crippen molar-refractivity contribution in [1.29, 1.82) is 0 Å². The Morgan fingerprint density at radius 3 is 2.85 bits per heavy atom. The highest BCUT2D eigenvalue weighted by atomic mass is 16.5. The third kappa shape index (κ3) is 3.62. The first-order valence-corrected chi connectivity index (χ1v) is 5.10. The topological polar surface area (TPSA) is 26.0 Å². The summed E-state index contributed by atoms with van der Waals surface area (Å²) in [4.78, 5) is 0. The van der Waals surface area contributed by atoms with Crippen molar-refractivity contribution in [3.63, 3.8) is 0 Å².